The Labute approximate surface area is 92.7 Å². The number of hydrogen-bond donors (Lipinski definition) is 2. The summed E-state index contributed by atoms with van der Waals surface area (Å²) >= 11 is 0. The van der Waals surface area contributed by atoms with Crippen molar-refractivity contribution in [2.75, 3.05) is 5.32 Å². The number of hydrogen-bond acceptors (Lipinski definition) is 4. The van der Waals surface area contributed by atoms with Gasteiger partial charge in [0.1, 0.15) is 0 Å². The molecule has 5 heteroatoms. The third-order valence-electron chi connectivity index (χ3n) is 2.15. The molecule has 2 aromatic rings. The molecule has 0 aliphatic rings. The molecule has 0 bridgehead atoms. The summed E-state index contributed by atoms with van der Waals surface area (Å²) in [4.78, 5) is 19.7. The lowest BCUT2D eigenvalue weighted by atomic mass is 10.2. The Hall–Kier alpha value is -2.01. The topological polar surface area (TPSA) is 80.9 Å². The van der Waals surface area contributed by atoms with Gasteiger partial charge >= 0.3 is 0 Å². The Bertz CT molecular complexity index is 524. The zero-order chi connectivity index (χ0) is 11.5. The molecular formula is C11H12N4O. The number of carbonyl (C=O) groups is 1. The van der Waals surface area contributed by atoms with Gasteiger partial charge in [0.05, 0.1) is 17.1 Å². The van der Waals surface area contributed by atoms with Gasteiger partial charge in [-0.1, -0.05) is 0 Å². The largest absolute Gasteiger partial charge is 0.325 e. The van der Waals surface area contributed by atoms with Crippen LogP contribution < -0.4 is 11.1 Å². The van der Waals surface area contributed by atoms with Gasteiger partial charge in [-0.25, -0.2) is 0 Å². The van der Waals surface area contributed by atoms with Crippen molar-refractivity contribution < 1.29 is 4.79 Å². The van der Waals surface area contributed by atoms with Crippen LogP contribution in [-0.2, 0) is 4.79 Å². The second-order valence-corrected chi connectivity index (χ2v) is 3.54. The van der Waals surface area contributed by atoms with Crippen molar-refractivity contribution in [2.24, 2.45) is 5.73 Å². The molecule has 0 saturated carbocycles. The van der Waals surface area contributed by atoms with Gasteiger partial charge in [0.15, 0.2) is 0 Å². The fourth-order valence-electron chi connectivity index (χ4n) is 1.30. The molecule has 2 rings (SSSR count). The van der Waals surface area contributed by atoms with E-state index in [1.807, 2.05) is 0 Å². The van der Waals surface area contributed by atoms with Crippen molar-refractivity contribution in [1.82, 2.24) is 9.97 Å². The lowest BCUT2D eigenvalue weighted by molar-refractivity contribution is -0.117. The number of aromatic nitrogens is 2. The zero-order valence-corrected chi connectivity index (χ0v) is 8.84. The average Bonchev–Trinajstić information content (AvgIpc) is 2.28. The quantitative estimate of drug-likeness (QED) is 0.782. The summed E-state index contributed by atoms with van der Waals surface area (Å²) in [5, 5.41) is 2.70. The monoisotopic (exact) mass is 216 g/mol. The summed E-state index contributed by atoms with van der Waals surface area (Å²) in [5.74, 6) is -0.219. The number of amides is 1. The highest BCUT2D eigenvalue weighted by atomic mass is 16.2. The molecule has 1 atom stereocenters. The maximum absolute atomic E-state index is 11.4. The molecule has 0 aliphatic heterocycles. The van der Waals surface area contributed by atoms with Crippen LogP contribution in [0.1, 0.15) is 6.92 Å². The van der Waals surface area contributed by atoms with Crippen LogP contribution in [-0.4, -0.2) is 21.9 Å². The molecule has 16 heavy (non-hydrogen) atoms. The van der Waals surface area contributed by atoms with E-state index in [4.69, 9.17) is 5.73 Å². The van der Waals surface area contributed by atoms with Crippen LogP contribution in [0.15, 0.2) is 30.6 Å². The second-order valence-electron chi connectivity index (χ2n) is 3.54. The summed E-state index contributed by atoms with van der Waals surface area (Å²) in [7, 11) is 0. The van der Waals surface area contributed by atoms with Gasteiger partial charge in [0.25, 0.3) is 0 Å². The summed E-state index contributed by atoms with van der Waals surface area (Å²) in [6, 6.07) is 4.82. The number of fused-ring (bicyclic) bond motifs is 1. The van der Waals surface area contributed by atoms with Crippen LogP contribution in [0.4, 0.5) is 5.69 Å². The van der Waals surface area contributed by atoms with Crippen LogP contribution in [0, 0.1) is 0 Å². The van der Waals surface area contributed by atoms with Gasteiger partial charge < -0.3 is 11.1 Å². The van der Waals surface area contributed by atoms with E-state index >= 15 is 0 Å². The fraction of sp³-hybridized carbons (Fsp3) is 0.182. The Morgan fingerprint density at radius 2 is 2.00 bits per heavy atom. The number of carbonyl (C=O) groups excluding carboxylic acids is 1. The van der Waals surface area contributed by atoms with Crippen molar-refractivity contribution in [3.63, 3.8) is 0 Å². The Balaban J connectivity index is 2.29. The number of nitrogens with one attached hydrogen (secondary N) is 1. The molecule has 0 radical (unpaired) electrons. The van der Waals surface area contributed by atoms with E-state index in [-0.39, 0.29) is 5.91 Å². The zero-order valence-electron chi connectivity index (χ0n) is 8.84. The predicted octanol–water partition coefficient (Wildman–Crippen LogP) is 0.915. The van der Waals surface area contributed by atoms with Crippen molar-refractivity contribution in [1.29, 1.82) is 0 Å². The number of nitrogens with two attached hydrogens (primary N) is 1. The molecule has 0 spiro atoms. The molecule has 0 saturated heterocycles. The van der Waals surface area contributed by atoms with Crippen molar-refractivity contribution >= 4 is 22.6 Å². The molecule has 1 aromatic heterocycles. The standard InChI is InChI=1S/C11H12N4O/c1-7(12)11(16)15-8-2-3-9-10(6-8)14-5-4-13-9/h2-7H,12H2,1H3,(H,15,16)/t7-/m1/s1. The minimum Gasteiger partial charge on any atom is -0.325 e. The van der Waals surface area contributed by atoms with E-state index in [9.17, 15) is 4.79 Å². The molecule has 3 N–H and O–H groups in total. The minimum absolute atomic E-state index is 0.219. The van der Waals surface area contributed by atoms with Crippen LogP contribution in [0.2, 0.25) is 0 Å². The Morgan fingerprint density at radius 1 is 1.31 bits per heavy atom. The summed E-state index contributed by atoms with van der Waals surface area (Å²) in [6.07, 6.45) is 3.24. The fourth-order valence-corrected chi connectivity index (χ4v) is 1.30. The van der Waals surface area contributed by atoms with Gasteiger partial charge in [-0.05, 0) is 25.1 Å². The molecule has 1 aromatic carbocycles. The molecule has 1 amide bonds. The van der Waals surface area contributed by atoms with Crippen molar-refractivity contribution in [2.45, 2.75) is 13.0 Å². The lowest BCUT2D eigenvalue weighted by Gasteiger charge is -2.07. The average molecular weight is 216 g/mol. The second kappa shape index (κ2) is 4.24. The highest BCUT2D eigenvalue weighted by Gasteiger charge is 2.07. The summed E-state index contributed by atoms with van der Waals surface area (Å²) in [5.41, 5.74) is 7.67. The van der Waals surface area contributed by atoms with E-state index in [1.165, 1.54) is 0 Å². The van der Waals surface area contributed by atoms with Gasteiger partial charge in [-0.3, -0.25) is 14.8 Å². The summed E-state index contributed by atoms with van der Waals surface area (Å²) in [6.45, 7) is 1.64. The van der Waals surface area contributed by atoms with Gasteiger partial charge in [-0.2, -0.15) is 0 Å². The lowest BCUT2D eigenvalue weighted by Crippen LogP contribution is -2.32. The number of nitrogens with zero attached hydrogens (tertiary/aromatic N) is 2. The first-order chi connectivity index (χ1) is 7.66. The van der Waals surface area contributed by atoms with Crippen LogP contribution in [0.25, 0.3) is 11.0 Å². The molecule has 0 fully saturated rings. The number of benzene rings is 1. The van der Waals surface area contributed by atoms with Crippen molar-refractivity contribution in [3.8, 4) is 0 Å². The molecule has 5 nitrogen and oxygen atoms in total. The van der Waals surface area contributed by atoms with Crippen LogP contribution in [0.3, 0.4) is 0 Å². The van der Waals surface area contributed by atoms with E-state index in [2.05, 4.69) is 15.3 Å². The molecule has 1 heterocycles. The maximum atomic E-state index is 11.4. The maximum Gasteiger partial charge on any atom is 0.240 e. The molecule has 82 valence electrons. The van der Waals surface area contributed by atoms with Crippen LogP contribution >= 0.6 is 0 Å². The van der Waals surface area contributed by atoms with E-state index in [0.717, 1.165) is 11.0 Å². The molecule has 0 unspecified atom stereocenters. The smallest absolute Gasteiger partial charge is 0.240 e. The normalized spacial score (nSPS) is 12.4. The van der Waals surface area contributed by atoms with Crippen LogP contribution in [0.5, 0.6) is 0 Å². The van der Waals surface area contributed by atoms with E-state index in [0.29, 0.717) is 5.69 Å². The first-order valence-corrected chi connectivity index (χ1v) is 4.94. The third kappa shape index (κ3) is 2.14. The first kappa shape index (κ1) is 10.5. The third-order valence-corrected chi connectivity index (χ3v) is 2.15. The minimum atomic E-state index is -0.530. The Kier molecular flexibility index (Phi) is 2.78. The van der Waals surface area contributed by atoms with Crippen molar-refractivity contribution in [3.05, 3.63) is 30.6 Å². The summed E-state index contributed by atoms with van der Waals surface area (Å²) < 4.78 is 0. The SMILES string of the molecule is C[C@@H](N)C(=O)Nc1ccc2nccnc2c1. The van der Waals surface area contributed by atoms with Gasteiger partial charge in [-0.15, -0.1) is 0 Å². The Morgan fingerprint density at radius 3 is 2.69 bits per heavy atom. The first-order valence-electron chi connectivity index (χ1n) is 4.94. The predicted molar refractivity (Wildman–Crippen MR) is 61.8 cm³/mol. The van der Waals surface area contributed by atoms with E-state index in [1.54, 1.807) is 37.5 Å². The van der Waals surface area contributed by atoms with Gasteiger partial charge in [0, 0.05) is 18.1 Å². The van der Waals surface area contributed by atoms with Gasteiger partial charge in [0.2, 0.25) is 5.91 Å². The van der Waals surface area contributed by atoms with E-state index < -0.39 is 6.04 Å². The molecular weight excluding hydrogens is 204 g/mol. The highest BCUT2D eigenvalue weighted by molar-refractivity contribution is 5.95. The number of anilines is 1. The number of rotatable bonds is 2. The highest BCUT2D eigenvalue weighted by Crippen LogP contribution is 2.14. The molecule has 0 aliphatic carbocycles.